The van der Waals surface area contributed by atoms with E-state index in [9.17, 15) is 15.0 Å². The fourth-order valence-electron chi connectivity index (χ4n) is 1.56. The van der Waals surface area contributed by atoms with Gasteiger partial charge in [0.05, 0.1) is 6.61 Å². The van der Waals surface area contributed by atoms with Gasteiger partial charge in [0.1, 0.15) is 5.75 Å². The van der Waals surface area contributed by atoms with Crippen LogP contribution in [0.2, 0.25) is 0 Å². The van der Waals surface area contributed by atoms with Crippen molar-refractivity contribution in [2.24, 2.45) is 0 Å². The molecule has 0 radical (unpaired) electrons. The van der Waals surface area contributed by atoms with Crippen LogP contribution in [0.1, 0.15) is 29.7 Å². The maximum atomic E-state index is 11.5. The van der Waals surface area contributed by atoms with Crippen molar-refractivity contribution in [3.8, 4) is 5.75 Å². The SMILES string of the molecule is CCOC(=O)C(O)c1c(C)c(Br)cc(C)c1O. The minimum Gasteiger partial charge on any atom is -0.507 e. The first-order valence-electron chi connectivity index (χ1n) is 5.23. The van der Waals surface area contributed by atoms with Gasteiger partial charge in [-0.25, -0.2) is 4.79 Å². The molecule has 4 nitrogen and oxygen atoms in total. The van der Waals surface area contributed by atoms with Crippen LogP contribution in [-0.4, -0.2) is 22.8 Å². The molecule has 94 valence electrons. The van der Waals surface area contributed by atoms with Crippen molar-refractivity contribution in [3.63, 3.8) is 0 Å². The van der Waals surface area contributed by atoms with Gasteiger partial charge in [-0.3, -0.25) is 0 Å². The van der Waals surface area contributed by atoms with Gasteiger partial charge in [-0.1, -0.05) is 15.9 Å². The normalized spacial score (nSPS) is 12.3. The molecule has 1 unspecified atom stereocenters. The Hall–Kier alpha value is -1.07. The Morgan fingerprint density at radius 1 is 1.53 bits per heavy atom. The standard InChI is InChI=1S/C12H15BrO4/c1-4-17-12(16)11(15)9-7(3)8(13)5-6(2)10(9)14/h5,11,14-15H,4H2,1-3H3. The summed E-state index contributed by atoms with van der Waals surface area (Å²) in [6, 6.07) is 1.73. The monoisotopic (exact) mass is 302 g/mol. The molecule has 0 saturated carbocycles. The zero-order valence-electron chi connectivity index (χ0n) is 9.95. The van der Waals surface area contributed by atoms with Gasteiger partial charge < -0.3 is 14.9 Å². The topological polar surface area (TPSA) is 66.8 Å². The van der Waals surface area contributed by atoms with Gasteiger partial charge in [0.25, 0.3) is 0 Å². The van der Waals surface area contributed by atoms with Crippen molar-refractivity contribution >= 4 is 21.9 Å². The number of hydrogen-bond acceptors (Lipinski definition) is 4. The molecule has 0 heterocycles. The quantitative estimate of drug-likeness (QED) is 0.841. The zero-order chi connectivity index (χ0) is 13.2. The van der Waals surface area contributed by atoms with E-state index in [1.807, 2.05) is 0 Å². The highest BCUT2D eigenvalue weighted by atomic mass is 79.9. The second-order valence-corrected chi connectivity index (χ2v) is 4.57. The van der Waals surface area contributed by atoms with E-state index in [0.717, 1.165) is 4.47 Å². The molecule has 0 aromatic heterocycles. The number of aliphatic hydroxyl groups is 1. The van der Waals surface area contributed by atoms with Gasteiger partial charge in [0.15, 0.2) is 6.10 Å². The number of esters is 1. The van der Waals surface area contributed by atoms with Crippen LogP contribution < -0.4 is 0 Å². The molecule has 0 bridgehead atoms. The summed E-state index contributed by atoms with van der Waals surface area (Å²) in [5, 5.41) is 19.8. The van der Waals surface area contributed by atoms with Crippen LogP contribution in [0.4, 0.5) is 0 Å². The summed E-state index contributed by atoms with van der Waals surface area (Å²) >= 11 is 3.31. The average Bonchev–Trinajstić information content (AvgIpc) is 2.27. The van der Waals surface area contributed by atoms with E-state index in [0.29, 0.717) is 11.1 Å². The number of carbonyl (C=O) groups excluding carboxylic acids is 1. The Morgan fingerprint density at radius 2 is 2.12 bits per heavy atom. The molecule has 0 aliphatic rings. The number of hydrogen-bond donors (Lipinski definition) is 2. The van der Waals surface area contributed by atoms with Crippen molar-refractivity contribution in [2.75, 3.05) is 6.61 Å². The van der Waals surface area contributed by atoms with E-state index < -0.39 is 12.1 Å². The first-order chi connectivity index (χ1) is 7.90. The fourth-order valence-corrected chi connectivity index (χ4v) is 2.12. The Kier molecular flexibility index (Phi) is 4.54. The van der Waals surface area contributed by atoms with E-state index in [1.54, 1.807) is 26.8 Å². The molecule has 2 N–H and O–H groups in total. The molecule has 0 aliphatic heterocycles. The molecule has 1 atom stereocenters. The van der Waals surface area contributed by atoms with E-state index in [2.05, 4.69) is 15.9 Å². The summed E-state index contributed by atoms with van der Waals surface area (Å²) in [7, 11) is 0. The lowest BCUT2D eigenvalue weighted by atomic mass is 9.99. The number of aliphatic hydroxyl groups excluding tert-OH is 1. The fraction of sp³-hybridized carbons (Fsp3) is 0.417. The Balaban J connectivity index is 3.25. The number of halogens is 1. The summed E-state index contributed by atoms with van der Waals surface area (Å²) in [4.78, 5) is 11.5. The van der Waals surface area contributed by atoms with Crippen LogP contribution in [-0.2, 0) is 9.53 Å². The molecular formula is C12H15BrO4. The Morgan fingerprint density at radius 3 is 2.65 bits per heavy atom. The van der Waals surface area contributed by atoms with Gasteiger partial charge >= 0.3 is 5.97 Å². The van der Waals surface area contributed by atoms with Crippen molar-refractivity contribution in [3.05, 3.63) is 27.2 Å². The number of ether oxygens (including phenoxy) is 1. The molecule has 1 aromatic rings. The molecular weight excluding hydrogens is 288 g/mol. The summed E-state index contributed by atoms with van der Waals surface area (Å²) in [5.41, 5.74) is 1.39. The average molecular weight is 303 g/mol. The van der Waals surface area contributed by atoms with Crippen molar-refractivity contribution in [1.29, 1.82) is 0 Å². The molecule has 0 fully saturated rings. The predicted octanol–water partition coefficient (Wildman–Crippen LogP) is 2.37. The minimum atomic E-state index is -1.47. The van der Waals surface area contributed by atoms with E-state index in [4.69, 9.17) is 4.74 Å². The number of rotatable bonds is 3. The second kappa shape index (κ2) is 5.51. The summed E-state index contributed by atoms with van der Waals surface area (Å²) in [5.74, 6) is -0.838. The highest BCUT2D eigenvalue weighted by molar-refractivity contribution is 9.10. The van der Waals surface area contributed by atoms with Crippen LogP contribution in [0, 0.1) is 13.8 Å². The lowest BCUT2D eigenvalue weighted by molar-refractivity contribution is -0.153. The summed E-state index contributed by atoms with van der Waals surface area (Å²) in [6.45, 7) is 5.24. The third-order valence-corrected chi connectivity index (χ3v) is 3.34. The Labute approximate surface area is 108 Å². The lowest BCUT2D eigenvalue weighted by Gasteiger charge is -2.17. The van der Waals surface area contributed by atoms with Crippen LogP contribution in [0.3, 0.4) is 0 Å². The maximum Gasteiger partial charge on any atom is 0.339 e. The molecule has 0 spiro atoms. The lowest BCUT2D eigenvalue weighted by Crippen LogP contribution is -2.17. The first-order valence-corrected chi connectivity index (χ1v) is 6.02. The number of aryl methyl sites for hydroxylation is 1. The zero-order valence-corrected chi connectivity index (χ0v) is 11.5. The van der Waals surface area contributed by atoms with Gasteiger partial charge in [-0.2, -0.15) is 0 Å². The van der Waals surface area contributed by atoms with E-state index >= 15 is 0 Å². The van der Waals surface area contributed by atoms with E-state index in [-0.39, 0.29) is 17.9 Å². The van der Waals surface area contributed by atoms with Gasteiger partial charge in [-0.05, 0) is 38.0 Å². The molecule has 0 amide bonds. The molecule has 17 heavy (non-hydrogen) atoms. The highest BCUT2D eigenvalue weighted by Crippen LogP contribution is 2.35. The number of phenols is 1. The first kappa shape index (κ1) is 14.0. The largest absolute Gasteiger partial charge is 0.507 e. The number of carbonyl (C=O) groups is 1. The molecule has 1 aromatic carbocycles. The Bertz CT molecular complexity index is 416. The molecule has 1 rings (SSSR count). The summed E-state index contributed by atoms with van der Waals surface area (Å²) in [6.07, 6.45) is -1.47. The minimum absolute atomic E-state index is 0.0775. The van der Waals surface area contributed by atoms with Crippen LogP contribution in [0.15, 0.2) is 10.5 Å². The van der Waals surface area contributed by atoms with Gasteiger partial charge in [-0.15, -0.1) is 0 Å². The van der Waals surface area contributed by atoms with Crippen molar-refractivity contribution in [2.45, 2.75) is 26.9 Å². The summed E-state index contributed by atoms with van der Waals surface area (Å²) < 4.78 is 5.46. The molecule has 5 heteroatoms. The number of phenolic OH excluding ortho intramolecular Hbond substituents is 1. The van der Waals surface area contributed by atoms with Crippen LogP contribution in [0.5, 0.6) is 5.75 Å². The third-order valence-electron chi connectivity index (χ3n) is 2.52. The molecule has 0 saturated heterocycles. The smallest absolute Gasteiger partial charge is 0.339 e. The van der Waals surface area contributed by atoms with Crippen molar-refractivity contribution in [1.82, 2.24) is 0 Å². The highest BCUT2D eigenvalue weighted by Gasteiger charge is 2.26. The van der Waals surface area contributed by atoms with Crippen molar-refractivity contribution < 1.29 is 19.7 Å². The predicted molar refractivity (Wildman–Crippen MR) is 66.9 cm³/mol. The number of benzene rings is 1. The van der Waals surface area contributed by atoms with Crippen LogP contribution in [0.25, 0.3) is 0 Å². The van der Waals surface area contributed by atoms with Gasteiger partial charge in [0.2, 0.25) is 0 Å². The van der Waals surface area contributed by atoms with Gasteiger partial charge in [0, 0.05) is 10.0 Å². The second-order valence-electron chi connectivity index (χ2n) is 3.72. The van der Waals surface area contributed by atoms with Crippen LogP contribution >= 0.6 is 15.9 Å². The maximum absolute atomic E-state index is 11.5. The number of aromatic hydroxyl groups is 1. The van der Waals surface area contributed by atoms with E-state index in [1.165, 1.54) is 0 Å². The third kappa shape index (κ3) is 2.79. The molecule has 0 aliphatic carbocycles.